The molecule has 2 N–H and O–H groups in total. The first-order chi connectivity index (χ1) is 13.8. The van der Waals surface area contributed by atoms with Crippen LogP contribution in [0, 0.1) is 0 Å². The fourth-order valence-electron chi connectivity index (χ4n) is 3.51. The molecule has 8 heteroatoms. The Kier molecular flexibility index (Phi) is 4.32. The largest absolute Gasteiger partial charge is 0.360 e. The van der Waals surface area contributed by atoms with Crippen molar-refractivity contribution in [3.63, 3.8) is 0 Å². The number of hydrogen-bond donors (Lipinski definition) is 2. The number of rotatable bonds is 5. The number of amides is 1. The molecule has 1 aliphatic rings. The second-order valence-electron chi connectivity index (χ2n) is 6.83. The number of carbonyl (C=O) groups is 1. The Morgan fingerprint density at radius 2 is 2.21 bits per heavy atom. The number of fused-ring (bicyclic) bond motifs is 2. The van der Waals surface area contributed by atoms with Crippen molar-refractivity contribution in [3.8, 4) is 0 Å². The predicted octanol–water partition coefficient (Wildman–Crippen LogP) is 3.13. The van der Waals surface area contributed by atoms with Gasteiger partial charge in [-0.25, -0.2) is 4.98 Å². The zero-order chi connectivity index (χ0) is 18.9. The van der Waals surface area contributed by atoms with Crippen LogP contribution >= 0.6 is 11.3 Å². The van der Waals surface area contributed by atoms with Crippen LogP contribution in [0.2, 0.25) is 0 Å². The zero-order valence-corrected chi connectivity index (χ0v) is 16.1. The first-order valence-corrected chi connectivity index (χ1v) is 10.1. The van der Waals surface area contributed by atoms with Crippen LogP contribution < -0.4 is 5.32 Å². The third-order valence-corrected chi connectivity index (χ3v) is 6.00. The topological polar surface area (TPSA) is 78.8 Å². The molecule has 5 rings (SSSR count). The van der Waals surface area contributed by atoms with Crippen molar-refractivity contribution in [1.29, 1.82) is 0 Å². The Balaban J connectivity index is 1.25. The van der Waals surface area contributed by atoms with Crippen LogP contribution in [0.1, 0.15) is 21.1 Å². The molecule has 0 radical (unpaired) electrons. The molecule has 1 aliphatic heterocycles. The molecule has 1 aromatic carbocycles. The molecule has 3 aromatic heterocycles. The number of aromatic amines is 1. The second-order valence-corrected chi connectivity index (χ2v) is 7.92. The summed E-state index contributed by atoms with van der Waals surface area (Å²) in [6.07, 6.45) is 4.52. The molecule has 4 heterocycles. The van der Waals surface area contributed by atoms with Gasteiger partial charge in [0.15, 0.2) is 5.13 Å². The first kappa shape index (κ1) is 17.0. The third-order valence-electron chi connectivity index (χ3n) is 4.96. The lowest BCUT2D eigenvalue weighted by Crippen LogP contribution is -2.35. The Bertz CT molecular complexity index is 1080. The SMILES string of the molecule is O=C(c1cc2ccccc2[nH]1)N1CCc2nc(NCCn3cccn3)sc2C1. The molecule has 0 saturated heterocycles. The van der Waals surface area contributed by atoms with Crippen molar-refractivity contribution in [2.45, 2.75) is 19.5 Å². The van der Waals surface area contributed by atoms with E-state index >= 15 is 0 Å². The average Bonchev–Trinajstić information content (AvgIpc) is 3.45. The minimum atomic E-state index is 0.0449. The van der Waals surface area contributed by atoms with E-state index in [0.717, 1.165) is 46.1 Å². The highest BCUT2D eigenvalue weighted by Gasteiger charge is 2.25. The fourth-order valence-corrected chi connectivity index (χ4v) is 4.56. The van der Waals surface area contributed by atoms with E-state index in [-0.39, 0.29) is 5.91 Å². The molecule has 7 nitrogen and oxygen atoms in total. The maximum absolute atomic E-state index is 12.9. The summed E-state index contributed by atoms with van der Waals surface area (Å²) in [7, 11) is 0. The van der Waals surface area contributed by atoms with E-state index in [1.54, 1.807) is 17.5 Å². The Morgan fingerprint density at radius 3 is 3.07 bits per heavy atom. The maximum atomic E-state index is 12.9. The van der Waals surface area contributed by atoms with Gasteiger partial charge >= 0.3 is 0 Å². The highest BCUT2D eigenvalue weighted by Crippen LogP contribution is 2.29. The molecule has 0 aliphatic carbocycles. The Morgan fingerprint density at radius 1 is 1.29 bits per heavy atom. The quantitative estimate of drug-likeness (QED) is 0.547. The van der Waals surface area contributed by atoms with Crippen molar-refractivity contribution < 1.29 is 4.79 Å². The Hall–Kier alpha value is -3.13. The van der Waals surface area contributed by atoms with Gasteiger partial charge in [0.05, 0.1) is 18.8 Å². The predicted molar refractivity (Wildman–Crippen MR) is 110 cm³/mol. The van der Waals surface area contributed by atoms with Crippen LogP contribution in [0.15, 0.2) is 48.8 Å². The number of hydrogen-bond acceptors (Lipinski definition) is 5. The van der Waals surface area contributed by atoms with Gasteiger partial charge in [0.2, 0.25) is 0 Å². The molecule has 0 atom stereocenters. The molecule has 28 heavy (non-hydrogen) atoms. The average molecular weight is 392 g/mol. The number of anilines is 1. The van der Waals surface area contributed by atoms with Gasteiger partial charge in [-0.15, -0.1) is 0 Å². The second kappa shape index (κ2) is 7.12. The number of benzene rings is 1. The summed E-state index contributed by atoms with van der Waals surface area (Å²) in [4.78, 5) is 24.0. The molecule has 0 spiro atoms. The van der Waals surface area contributed by atoms with Crippen molar-refractivity contribution in [2.24, 2.45) is 0 Å². The van der Waals surface area contributed by atoms with E-state index in [2.05, 4.69) is 15.4 Å². The summed E-state index contributed by atoms with van der Waals surface area (Å²) in [6.45, 7) is 2.87. The zero-order valence-electron chi connectivity index (χ0n) is 15.3. The van der Waals surface area contributed by atoms with Gasteiger partial charge in [-0.2, -0.15) is 5.10 Å². The molecule has 1 amide bonds. The van der Waals surface area contributed by atoms with E-state index in [0.29, 0.717) is 18.8 Å². The van der Waals surface area contributed by atoms with Crippen LogP contribution in [0.25, 0.3) is 10.9 Å². The summed E-state index contributed by atoms with van der Waals surface area (Å²) >= 11 is 1.64. The minimum absolute atomic E-state index is 0.0449. The first-order valence-electron chi connectivity index (χ1n) is 9.33. The van der Waals surface area contributed by atoms with E-state index in [1.165, 1.54) is 0 Å². The summed E-state index contributed by atoms with van der Waals surface area (Å²) in [5, 5.41) is 9.54. The highest BCUT2D eigenvalue weighted by molar-refractivity contribution is 7.15. The van der Waals surface area contributed by atoms with Crippen LogP contribution in [-0.4, -0.2) is 43.6 Å². The summed E-state index contributed by atoms with van der Waals surface area (Å²) in [6, 6.07) is 11.8. The van der Waals surface area contributed by atoms with E-state index in [9.17, 15) is 4.79 Å². The molecule has 0 fully saturated rings. The molecule has 4 aromatic rings. The fraction of sp³-hybridized carbons (Fsp3) is 0.250. The minimum Gasteiger partial charge on any atom is -0.360 e. The molecular weight excluding hydrogens is 372 g/mol. The van der Waals surface area contributed by atoms with Crippen molar-refractivity contribution in [2.75, 3.05) is 18.4 Å². The van der Waals surface area contributed by atoms with Gasteiger partial charge in [-0.05, 0) is 18.2 Å². The van der Waals surface area contributed by atoms with E-state index < -0.39 is 0 Å². The number of thiazole rings is 1. The summed E-state index contributed by atoms with van der Waals surface area (Å²) in [5.74, 6) is 0.0449. The lowest BCUT2D eigenvalue weighted by molar-refractivity contribution is 0.0731. The number of aromatic nitrogens is 4. The smallest absolute Gasteiger partial charge is 0.270 e. The molecule has 0 bridgehead atoms. The standard InChI is InChI=1S/C20H20N6OS/c27-19(17-12-14-4-1-2-5-15(14)23-17)25-10-6-16-18(13-25)28-20(24-16)21-8-11-26-9-3-7-22-26/h1-5,7,9,12,23H,6,8,10-11,13H2,(H,21,24). The monoisotopic (exact) mass is 392 g/mol. The van der Waals surface area contributed by atoms with Gasteiger partial charge in [0.25, 0.3) is 5.91 Å². The lowest BCUT2D eigenvalue weighted by atomic mass is 10.1. The van der Waals surface area contributed by atoms with Crippen molar-refractivity contribution in [3.05, 3.63) is 65.1 Å². The number of para-hydroxylation sites is 1. The molecular formula is C20H20N6OS. The van der Waals surface area contributed by atoms with Gasteiger partial charge in [-0.1, -0.05) is 29.5 Å². The van der Waals surface area contributed by atoms with E-state index in [1.807, 2.05) is 52.2 Å². The summed E-state index contributed by atoms with van der Waals surface area (Å²) < 4.78 is 1.89. The van der Waals surface area contributed by atoms with E-state index in [4.69, 9.17) is 4.98 Å². The van der Waals surface area contributed by atoms with Gasteiger partial charge in [0, 0.05) is 47.7 Å². The summed E-state index contributed by atoms with van der Waals surface area (Å²) in [5.41, 5.74) is 2.74. The van der Waals surface area contributed by atoms with Crippen LogP contribution in [0.3, 0.4) is 0 Å². The lowest BCUT2D eigenvalue weighted by Gasteiger charge is -2.25. The Labute approximate surface area is 166 Å². The molecule has 0 unspecified atom stereocenters. The number of carbonyl (C=O) groups excluding carboxylic acids is 1. The normalized spacial score (nSPS) is 13.6. The van der Waals surface area contributed by atoms with Crippen LogP contribution in [0.4, 0.5) is 5.13 Å². The number of nitrogens with one attached hydrogen (secondary N) is 2. The maximum Gasteiger partial charge on any atom is 0.270 e. The van der Waals surface area contributed by atoms with Gasteiger partial charge in [0.1, 0.15) is 5.69 Å². The number of H-pyrrole nitrogens is 1. The van der Waals surface area contributed by atoms with Crippen LogP contribution in [0.5, 0.6) is 0 Å². The van der Waals surface area contributed by atoms with Crippen molar-refractivity contribution >= 4 is 33.3 Å². The molecule has 142 valence electrons. The van der Waals surface area contributed by atoms with Crippen LogP contribution in [-0.2, 0) is 19.5 Å². The van der Waals surface area contributed by atoms with Crippen molar-refractivity contribution in [1.82, 2.24) is 24.6 Å². The van der Waals surface area contributed by atoms with Gasteiger partial charge < -0.3 is 15.2 Å². The third kappa shape index (κ3) is 3.27. The molecule has 0 saturated carbocycles. The number of nitrogens with zero attached hydrogens (tertiary/aromatic N) is 4. The van der Waals surface area contributed by atoms with Gasteiger partial charge in [-0.3, -0.25) is 9.48 Å². The highest BCUT2D eigenvalue weighted by atomic mass is 32.1.